The molecule has 1 atom stereocenters. The lowest BCUT2D eigenvalue weighted by Crippen LogP contribution is -2.31. The van der Waals surface area contributed by atoms with E-state index in [1.54, 1.807) is 19.2 Å². The smallest absolute Gasteiger partial charge is 0.339 e. The highest BCUT2D eigenvalue weighted by Crippen LogP contribution is 2.23. The van der Waals surface area contributed by atoms with Crippen LogP contribution in [-0.2, 0) is 13.1 Å². The van der Waals surface area contributed by atoms with E-state index in [-0.39, 0.29) is 36.5 Å². The van der Waals surface area contributed by atoms with E-state index < -0.39 is 0 Å². The number of fused-ring (bicyclic) bond motifs is 1. The summed E-state index contributed by atoms with van der Waals surface area (Å²) in [7, 11) is 0. The molecule has 0 amide bonds. The Morgan fingerprint density at radius 3 is 2.66 bits per heavy atom. The highest BCUT2D eigenvalue weighted by molar-refractivity contribution is 5.85. The van der Waals surface area contributed by atoms with Crippen LogP contribution in [-0.4, -0.2) is 17.6 Å². The lowest BCUT2D eigenvalue weighted by atomic mass is 10.1. The summed E-state index contributed by atoms with van der Waals surface area (Å²) in [5, 5.41) is 4.31. The molecular weight excluding hydrogens is 413 g/mol. The number of nitrogens with zero attached hydrogens (tertiary/aromatic N) is 1. The molecule has 0 aliphatic heterocycles. The SMILES string of the molecule is Cc1c(C)c2ccc(OCC(C)NCc3cc(CN)ccn3)cc2oc1=O.Cl.Cl. The molecule has 0 aliphatic rings. The number of halogens is 2. The Balaban J connectivity index is 0.00000210. The van der Waals surface area contributed by atoms with E-state index in [9.17, 15) is 4.79 Å². The Kier molecular flexibility index (Phi) is 9.59. The summed E-state index contributed by atoms with van der Waals surface area (Å²) in [6, 6.07) is 9.62. The first kappa shape index (κ1) is 24.9. The summed E-state index contributed by atoms with van der Waals surface area (Å²) in [6.07, 6.45) is 1.77. The number of hydrogen-bond acceptors (Lipinski definition) is 6. The van der Waals surface area contributed by atoms with Gasteiger partial charge < -0.3 is 20.2 Å². The normalized spacial score (nSPS) is 11.4. The zero-order valence-electron chi connectivity index (χ0n) is 16.7. The van der Waals surface area contributed by atoms with Crippen LogP contribution in [0.25, 0.3) is 11.0 Å². The first-order chi connectivity index (χ1) is 13.0. The minimum absolute atomic E-state index is 0. The Morgan fingerprint density at radius 2 is 1.93 bits per heavy atom. The summed E-state index contributed by atoms with van der Waals surface area (Å²) in [5.41, 5.74) is 9.49. The van der Waals surface area contributed by atoms with Crippen LogP contribution in [0.5, 0.6) is 5.75 Å². The fourth-order valence-corrected chi connectivity index (χ4v) is 2.83. The maximum absolute atomic E-state index is 11.9. The van der Waals surface area contributed by atoms with Gasteiger partial charge in [0, 0.05) is 42.3 Å². The van der Waals surface area contributed by atoms with Crippen LogP contribution in [0.4, 0.5) is 0 Å². The van der Waals surface area contributed by atoms with Crippen LogP contribution < -0.4 is 21.4 Å². The zero-order chi connectivity index (χ0) is 19.4. The topological polar surface area (TPSA) is 90.4 Å². The molecule has 0 bridgehead atoms. The van der Waals surface area contributed by atoms with E-state index in [1.807, 2.05) is 38.1 Å². The summed E-state index contributed by atoms with van der Waals surface area (Å²) < 4.78 is 11.2. The quantitative estimate of drug-likeness (QED) is 0.545. The maximum Gasteiger partial charge on any atom is 0.339 e. The Hall–Kier alpha value is -2.12. The van der Waals surface area contributed by atoms with Crippen molar-refractivity contribution < 1.29 is 9.15 Å². The van der Waals surface area contributed by atoms with E-state index in [2.05, 4.69) is 10.3 Å². The summed E-state index contributed by atoms with van der Waals surface area (Å²) in [4.78, 5) is 16.2. The van der Waals surface area contributed by atoms with Crippen LogP contribution in [0.3, 0.4) is 0 Å². The molecule has 0 spiro atoms. The number of nitrogens with one attached hydrogen (secondary N) is 1. The van der Waals surface area contributed by atoms with Crippen LogP contribution >= 0.6 is 24.8 Å². The lowest BCUT2D eigenvalue weighted by molar-refractivity contribution is 0.272. The zero-order valence-corrected chi connectivity index (χ0v) is 18.4. The number of pyridine rings is 1. The molecule has 29 heavy (non-hydrogen) atoms. The molecule has 0 saturated heterocycles. The van der Waals surface area contributed by atoms with Crippen molar-refractivity contribution in [1.82, 2.24) is 10.3 Å². The van der Waals surface area contributed by atoms with Crippen LogP contribution in [0.1, 0.15) is 29.3 Å². The van der Waals surface area contributed by atoms with E-state index in [0.717, 1.165) is 22.2 Å². The van der Waals surface area contributed by atoms with E-state index in [4.69, 9.17) is 14.9 Å². The fraction of sp³-hybridized carbons (Fsp3) is 0.333. The van der Waals surface area contributed by atoms with Crippen LogP contribution in [0.2, 0.25) is 0 Å². The number of rotatable bonds is 7. The minimum Gasteiger partial charge on any atom is -0.492 e. The van der Waals surface area contributed by atoms with E-state index in [0.29, 0.717) is 36.6 Å². The van der Waals surface area contributed by atoms with Gasteiger partial charge in [-0.3, -0.25) is 4.98 Å². The Labute approximate surface area is 182 Å². The molecule has 0 saturated carbocycles. The molecule has 8 heteroatoms. The molecule has 0 aliphatic carbocycles. The number of aryl methyl sites for hydroxylation is 1. The molecule has 2 aromatic heterocycles. The van der Waals surface area contributed by atoms with Gasteiger partial charge in [0.05, 0.1) is 5.69 Å². The summed E-state index contributed by atoms with van der Waals surface area (Å²) >= 11 is 0. The Morgan fingerprint density at radius 1 is 1.17 bits per heavy atom. The molecule has 0 fully saturated rings. The number of benzene rings is 1. The molecule has 158 valence electrons. The fourth-order valence-electron chi connectivity index (χ4n) is 2.83. The van der Waals surface area contributed by atoms with Gasteiger partial charge in [-0.05, 0) is 56.2 Å². The third kappa shape index (κ3) is 6.18. The third-order valence-electron chi connectivity index (χ3n) is 4.68. The Bertz CT molecular complexity index is 1010. The van der Waals surface area contributed by atoms with Gasteiger partial charge in [-0.15, -0.1) is 24.8 Å². The van der Waals surface area contributed by atoms with E-state index in [1.165, 1.54) is 0 Å². The highest BCUT2D eigenvalue weighted by atomic mass is 35.5. The van der Waals surface area contributed by atoms with E-state index >= 15 is 0 Å². The first-order valence-electron chi connectivity index (χ1n) is 9.02. The number of nitrogens with two attached hydrogens (primary N) is 1. The molecule has 1 unspecified atom stereocenters. The monoisotopic (exact) mass is 439 g/mol. The van der Waals surface area contributed by atoms with Gasteiger partial charge in [-0.25, -0.2) is 4.79 Å². The standard InChI is InChI=1S/C21H25N3O3.2ClH/c1-13(24-11-17-8-16(10-22)6-7-23-17)12-26-18-4-5-19-14(2)15(3)21(25)27-20(19)9-18;;/h4-9,13,24H,10-12,22H2,1-3H3;2*1H. The van der Waals surface area contributed by atoms with Gasteiger partial charge in [0.1, 0.15) is 17.9 Å². The summed E-state index contributed by atoms with van der Waals surface area (Å²) in [5.74, 6) is 0.672. The predicted molar refractivity (Wildman–Crippen MR) is 120 cm³/mol. The molecule has 6 nitrogen and oxygen atoms in total. The van der Waals surface area contributed by atoms with Crippen molar-refractivity contribution in [3.05, 3.63) is 69.3 Å². The first-order valence-corrected chi connectivity index (χ1v) is 9.02. The van der Waals surface area contributed by atoms with Gasteiger partial charge in [0.2, 0.25) is 0 Å². The van der Waals surface area contributed by atoms with Crippen molar-refractivity contribution in [2.45, 2.75) is 39.9 Å². The number of aromatic nitrogens is 1. The predicted octanol–water partition coefficient (Wildman–Crippen LogP) is 3.66. The molecular formula is C21H27Cl2N3O3. The second kappa shape index (κ2) is 11.2. The van der Waals surface area contributed by atoms with Crippen LogP contribution in [0.15, 0.2) is 45.7 Å². The average molecular weight is 440 g/mol. The summed E-state index contributed by atoms with van der Waals surface area (Å²) in [6.45, 7) is 7.37. The number of hydrogen-bond donors (Lipinski definition) is 2. The second-order valence-corrected chi connectivity index (χ2v) is 6.75. The second-order valence-electron chi connectivity index (χ2n) is 6.75. The molecule has 3 rings (SSSR count). The van der Waals surface area contributed by atoms with Crippen molar-refractivity contribution in [2.75, 3.05) is 6.61 Å². The maximum atomic E-state index is 11.9. The van der Waals surface area contributed by atoms with Crippen molar-refractivity contribution in [1.29, 1.82) is 0 Å². The van der Waals surface area contributed by atoms with Crippen molar-refractivity contribution in [2.24, 2.45) is 5.73 Å². The molecule has 2 heterocycles. The van der Waals surface area contributed by atoms with Crippen molar-refractivity contribution >= 4 is 35.8 Å². The van der Waals surface area contributed by atoms with Crippen LogP contribution in [0, 0.1) is 13.8 Å². The van der Waals surface area contributed by atoms with Gasteiger partial charge in [0.15, 0.2) is 0 Å². The number of ether oxygens (including phenoxy) is 1. The highest BCUT2D eigenvalue weighted by Gasteiger charge is 2.09. The molecule has 3 N–H and O–H groups in total. The van der Waals surface area contributed by atoms with Crippen molar-refractivity contribution in [3.63, 3.8) is 0 Å². The van der Waals surface area contributed by atoms with Gasteiger partial charge in [0.25, 0.3) is 0 Å². The van der Waals surface area contributed by atoms with Gasteiger partial charge in [-0.1, -0.05) is 0 Å². The van der Waals surface area contributed by atoms with Crippen molar-refractivity contribution in [3.8, 4) is 5.75 Å². The van der Waals surface area contributed by atoms with Gasteiger partial charge >= 0.3 is 5.63 Å². The largest absolute Gasteiger partial charge is 0.492 e. The third-order valence-corrected chi connectivity index (χ3v) is 4.68. The molecule has 1 aromatic carbocycles. The lowest BCUT2D eigenvalue weighted by Gasteiger charge is -2.15. The average Bonchev–Trinajstić information content (AvgIpc) is 2.69. The van der Waals surface area contributed by atoms with Gasteiger partial charge in [-0.2, -0.15) is 0 Å². The molecule has 3 aromatic rings. The minimum atomic E-state index is -0.306. The molecule has 0 radical (unpaired) electrons.